The number of nitrogens with two attached hydrogens (primary N) is 1. The van der Waals surface area contributed by atoms with Crippen molar-refractivity contribution in [2.24, 2.45) is 0 Å². The maximum Gasteiger partial charge on any atom is 0.0314 e. The van der Waals surface area contributed by atoms with Gasteiger partial charge in [0.2, 0.25) is 0 Å². The number of nitrogen functional groups attached to an aromatic ring is 1. The van der Waals surface area contributed by atoms with Crippen molar-refractivity contribution in [1.29, 1.82) is 0 Å². The van der Waals surface area contributed by atoms with E-state index in [1.165, 1.54) is 40.7 Å². The predicted molar refractivity (Wildman–Crippen MR) is 106 cm³/mol. The number of rotatable bonds is 2. The summed E-state index contributed by atoms with van der Waals surface area (Å²) in [6, 6.07) is 15.1. The van der Waals surface area contributed by atoms with Crippen LogP contribution in [0.25, 0.3) is 11.6 Å². The van der Waals surface area contributed by atoms with Gasteiger partial charge in [-0.25, -0.2) is 0 Å². The summed E-state index contributed by atoms with van der Waals surface area (Å²) in [7, 11) is 0. The predicted octanol–water partition coefficient (Wildman–Crippen LogP) is 6.18. The number of benzene rings is 2. The van der Waals surface area contributed by atoms with Crippen LogP contribution < -0.4 is 5.73 Å². The Hall–Kier alpha value is -2.02. The Labute approximate surface area is 146 Å². The van der Waals surface area contributed by atoms with Crippen LogP contribution in [0.4, 0.5) is 5.69 Å². The molecule has 0 spiro atoms. The van der Waals surface area contributed by atoms with Crippen molar-refractivity contribution < 1.29 is 0 Å². The fourth-order valence-electron chi connectivity index (χ4n) is 3.78. The van der Waals surface area contributed by atoms with Gasteiger partial charge in [0.25, 0.3) is 0 Å². The van der Waals surface area contributed by atoms with Crippen LogP contribution in [0.1, 0.15) is 69.7 Å². The maximum atomic E-state index is 5.79. The zero-order chi connectivity index (χ0) is 17.5. The van der Waals surface area contributed by atoms with E-state index in [0.717, 1.165) is 5.69 Å². The van der Waals surface area contributed by atoms with E-state index in [4.69, 9.17) is 5.73 Å². The minimum atomic E-state index is 0.254. The standard InChI is InChI=1S/C23H29N/c1-16(18-7-9-19(24)10-8-18)14-17-6-11-20-21(15-17)23(4,5)13-12-22(20,2)3/h6-11,14-15H,12-13,24H2,1-5H3/b16-14-. The lowest BCUT2D eigenvalue weighted by Crippen LogP contribution is -2.33. The van der Waals surface area contributed by atoms with Crippen molar-refractivity contribution in [3.8, 4) is 0 Å². The van der Waals surface area contributed by atoms with Gasteiger partial charge in [-0.05, 0) is 70.6 Å². The third-order valence-electron chi connectivity index (χ3n) is 5.63. The van der Waals surface area contributed by atoms with Gasteiger partial charge in [0, 0.05) is 5.69 Å². The SMILES string of the molecule is C/C(=C/c1ccc2c(c1)C(C)(C)CCC2(C)C)c1ccc(N)cc1. The van der Waals surface area contributed by atoms with E-state index < -0.39 is 0 Å². The maximum absolute atomic E-state index is 5.79. The molecule has 3 rings (SSSR count). The Kier molecular flexibility index (Phi) is 4.07. The largest absolute Gasteiger partial charge is 0.399 e. The summed E-state index contributed by atoms with van der Waals surface area (Å²) in [4.78, 5) is 0. The molecule has 0 amide bonds. The van der Waals surface area contributed by atoms with Gasteiger partial charge in [-0.3, -0.25) is 0 Å². The van der Waals surface area contributed by atoms with Gasteiger partial charge in [0.1, 0.15) is 0 Å². The zero-order valence-electron chi connectivity index (χ0n) is 15.6. The summed E-state index contributed by atoms with van der Waals surface area (Å²) in [6.07, 6.45) is 4.78. The molecule has 2 N–H and O–H groups in total. The van der Waals surface area contributed by atoms with E-state index in [1.54, 1.807) is 0 Å². The van der Waals surface area contributed by atoms with Gasteiger partial charge in [0.05, 0.1) is 0 Å². The van der Waals surface area contributed by atoms with Crippen LogP contribution in [0.15, 0.2) is 42.5 Å². The Morgan fingerprint density at radius 1 is 0.875 bits per heavy atom. The van der Waals surface area contributed by atoms with Crippen molar-refractivity contribution in [2.45, 2.75) is 58.3 Å². The lowest BCUT2D eigenvalue weighted by atomic mass is 9.63. The highest BCUT2D eigenvalue weighted by molar-refractivity contribution is 5.81. The highest BCUT2D eigenvalue weighted by atomic mass is 14.5. The highest BCUT2D eigenvalue weighted by Crippen LogP contribution is 2.46. The van der Waals surface area contributed by atoms with Gasteiger partial charge in [-0.15, -0.1) is 0 Å². The molecule has 0 radical (unpaired) electrons. The van der Waals surface area contributed by atoms with Crippen LogP contribution in [0.2, 0.25) is 0 Å². The fraction of sp³-hybridized carbons (Fsp3) is 0.391. The van der Waals surface area contributed by atoms with Crippen molar-refractivity contribution in [3.63, 3.8) is 0 Å². The lowest BCUT2D eigenvalue weighted by molar-refractivity contribution is 0.332. The van der Waals surface area contributed by atoms with Crippen LogP contribution in [0.3, 0.4) is 0 Å². The summed E-state index contributed by atoms with van der Waals surface area (Å²) < 4.78 is 0. The van der Waals surface area contributed by atoms with Crippen molar-refractivity contribution >= 4 is 17.3 Å². The summed E-state index contributed by atoms with van der Waals surface area (Å²) >= 11 is 0. The molecule has 0 atom stereocenters. The van der Waals surface area contributed by atoms with Crippen molar-refractivity contribution in [1.82, 2.24) is 0 Å². The van der Waals surface area contributed by atoms with Crippen LogP contribution in [0.5, 0.6) is 0 Å². The molecule has 1 aliphatic carbocycles. The quantitative estimate of drug-likeness (QED) is 0.519. The molecule has 2 aromatic rings. The zero-order valence-corrected chi connectivity index (χ0v) is 15.6. The molecular formula is C23H29N. The minimum absolute atomic E-state index is 0.254. The summed E-state index contributed by atoms with van der Waals surface area (Å²) in [5.74, 6) is 0. The molecule has 0 bridgehead atoms. The van der Waals surface area contributed by atoms with Gasteiger partial charge in [-0.1, -0.05) is 64.1 Å². The first kappa shape index (κ1) is 16.8. The number of fused-ring (bicyclic) bond motifs is 1. The molecule has 1 aliphatic rings. The number of hydrogen-bond donors (Lipinski definition) is 1. The topological polar surface area (TPSA) is 26.0 Å². The van der Waals surface area contributed by atoms with Crippen LogP contribution in [-0.4, -0.2) is 0 Å². The molecule has 0 heterocycles. The number of hydrogen-bond acceptors (Lipinski definition) is 1. The van der Waals surface area contributed by atoms with Crippen molar-refractivity contribution in [3.05, 3.63) is 64.7 Å². The average molecular weight is 319 g/mol. The first-order valence-corrected chi connectivity index (χ1v) is 8.88. The van der Waals surface area contributed by atoms with E-state index in [2.05, 4.69) is 71.0 Å². The molecular weight excluding hydrogens is 290 g/mol. The molecule has 24 heavy (non-hydrogen) atoms. The van der Waals surface area contributed by atoms with Gasteiger partial charge < -0.3 is 5.73 Å². The molecule has 2 aromatic carbocycles. The summed E-state index contributed by atoms with van der Waals surface area (Å²) in [5, 5.41) is 0. The van der Waals surface area contributed by atoms with Gasteiger partial charge >= 0.3 is 0 Å². The Morgan fingerprint density at radius 3 is 2.08 bits per heavy atom. The summed E-state index contributed by atoms with van der Waals surface area (Å²) in [5.41, 5.74) is 13.9. The highest BCUT2D eigenvalue weighted by Gasteiger charge is 2.36. The molecule has 126 valence electrons. The van der Waals surface area contributed by atoms with Gasteiger partial charge in [-0.2, -0.15) is 0 Å². The fourth-order valence-corrected chi connectivity index (χ4v) is 3.78. The van der Waals surface area contributed by atoms with E-state index in [9.17, 15) is 0 Å². The molecule has 0 saturated carbocycles. The van der Waals surface area contributed by atoms with Crippen LogP contribution >= 0.6 is 0 Å². The second kappa shape index (κ2) is 5.81. The molecule has 0 unspecified atom stereocenters. The molecule has 0 aliphatic heterocycles. The van der Waals surface area contributed by atoms with E-state index >= 15 is 0 Å². The Balaban J connectivity index is 2.02. The average Bonchev–Trinajstić information content (AvgIpc) is 2.52. The molecule has 0 aromatic heterocycles. The first-order chi connectivity index (χ1) is 11.2. The molecule has 1 heteroatoms. The van der Waals surface area contributed by atoms with E-state index in [0.29, 0.717) is 0 Å². The van der Waals surface area contributed by atoms with Crippen LogP contribution in [0, 0.1) is 0 Å². The monoisotopic (exact) mass is 319 g/mol. The van der Waals surface area contributed by atoms with Crippen LogP contribution in [-0.2, 0) is 10.8 Å². The van der Waals surface area contributed by atoms with E-state index in [1.807, 2.05) is 12.1 Å². The molecule has 1 nitrogen and oxygen atoms in total. The Morgan fingerprint density at radius 2 is 1.46 bits per heavy atom. The smallest absolute Gasteiger partial charge is 0.0314 e. The third-order valence-corrected chi connectivity index (χ3v) is 5.63. The van der Waals surface area contributed by atoms with Gasteiger partial charge in [0.15, 0.2) is 0 Å². The lowest BCUT2D eigenvalue weighted by Gasteiger charge is -2.42. The molecule has 0 saturated heterocycles. The third kappa shape index (κ3) is 3.13. The second-order valence-electron chi connectivity index (χ2n) is 8.52. The second-order valence-corrected chi connectivity index (χ2v) is 8.52. The minimum Gasteiger partial charge on any atom is -0.399 e. The number of anilines is 1. The molecule has 0 fully saturated rings. The summed E-state index contributed by atoms with van der Waals surface area (Å²) in [6.45, 7) is 11.7. The number of allylic oxidation sites excluding steroid dienone is 1. The normalized spacial score (nSPS) is 19.0. The Bertz CT molecular complexity index is 776. The first-order valence-electron chi connectivity index (χ1n) is 8.88. The van der Waals surface area contributed by atoms with E-state index in [-0.39, 0.29) is 10.8 Å². The van der Waals surface area contributed by atoms with Crippen molar-refractivity contribution in [2.75, 3.05) is 5.73 Å².